The minimum absolute atomic E-state index is 0.0328. The van der Waals surface area contributed by atoms with Gasteiger partial charge in [-0.1, -0.05) is 71.1 Å². The Hall–Kier alpha value is -1.59. The third-order valence-electron chi connectivity index (χ3n) is 4.22. The molecular weight excluding hydrogens is 308 g/mol. The number of carboxylic acids is 1. The van der Waals surface area contributed by atoms with E-state index < -0.39 is 18.0 Å². The Morgan fingerprint density at radius 1 is 1.04 bits per heavy atom. The van der Waals surface area contributed by atoms with Gasteiger partial charge in [-0.25, -0.2) is 9.59 Å². The number of rotatable bonds is 14. The number of unbranched alkanes of at least 4 members (excludes halogenated alkanes) is 10. The van der Waals surface area contributed by atoms with E-state index in [9.17, 15) is 9.59 Å². The summed E-state index contributed by atoms with van der Waals surface area (Å²) >= 11 is 0. The second-order valence-electron chi connectivity index (χ2n) is 6.40. The molecule has 0 bridgehead atoms. The second-order valence-corrected chi connectivity index (χ2v) is 6.40. The predicted molar refractivity (Wildman–Crippen MR) is 94.3 cm³/mol. The van der Waals surface area contributed by atoms with Gasteiger partial charge in [0.1, 0.15) is 6.04 Å². The molecule has 0 saturated heterocycles. The number of carbonyl (C=O) groups is 2. The molecule has 1 aliphatic heterocycles. The molecule has 1 aliphatic rings. The number of ether oxygens (including phenoxy) is 1. The Bertz CT molecular complexity index is 410. The summed E-state index contributed by atoms with van der Waals surface area (Å²) in [7, 11) is 0. The van der Waals surface area contributed by atoms with Crippen molar-refractivity contribution in [2.24, 2.45) is 4.99 Å². The molecule has 1 rings (SSSR count). The molecule has 0 aromatic carbocycles. The molecule has 0 fully saturated rings. The number of hydrogen-bond donors (Lipinski definition) is 2. The molecule has 1 unspecified atom stereocenters. The number of hydrogen-bond acceptors (Lipinski definition) is 5. The van der Waals surface area contributed by atoms with Gasteiger partial charge in [0, 0.05) is 0 Å². The number of aliphatic carboxylic acids is 1. The highest BCUT2D eigenvalue weighted by molar-refractivity contribution is 6.36. The van der Waals surface area contributed by atoms with E-state index in [4.69, 9.17) is 9.84 Å². The zero-order valence-electron chi connectivity index (χ0n) is 14.9. The van der Waals surface area contributed by atoms with Crippen molar-refractivity contribution in [1.29, 1.82) is 0 Å². The SMILES string of the molecule is CCCCCCCCCCCCCOC(=O)C1=NCC(C(=O)O)N1. The van der Waals surface area contributed by atoms with Crippen molar-refractivity contribution in [2.45, 2.75) is 83.6 Å². The number of carboxylic acid groups (broad SMARTS) is 1. The number of nitrogens with one attached hydrogen (secondary N) is 1. The molecule has 1 heterocycles. The summed E-state index contributed by atoms with van der Waals surface area (Å²) in [6.07, 6.45) is 13.7. The fraction of sp³-hybridized carbons (Fsp3) is 0.833. The average molecular weight is 340 g/mol. The zero-order valence-corrected chi connectivity index (χ0v) is 14.9. The third kappa shape index (κ3) is 8.89. The molecule has 0 aromatic rings. The average Bonchev–Trinajstić information content (AvgIpc) is 3.06. The predicted octanol–water partition coefficient (Wildman–Crippen LogP) is 3.30. The molecule has 6 heteroatoms. The van der Waals surface area contributed by atoms with E-state index in [0.29, 0.717) is 6.61 Å². The van der Waals surface area contributed by atoms with Crippen molar-refractivity contribution >= 4 is 17.8 Å². The third-order valence-corrected chi connectivity index (χ3v) is 4.22. The van der Waals surface area contributed by atoms with Gasteiger partial charge in [-0.3, -0.25) is 4.99 Å². The van der Waals surface area contributed by atoms with Crippen molar-refractivity contribution in [3.63, 3.8) is 0 Å². The lowest BCUT2D eigenvalue weighted by molar-refractivity contribution is -0.138. The van der Waals surface area contributed by atoms with Gasteiger partial charge in [-0.05, 0) is 6.42 Å². The molecule has 1 atom stereocenters. The van der Waals surface area contributed by atoms with Crippen LogP contribution >= 0.6 is 0 Å². The topological polar surface area (TPSA) is 88.0 Å². The van der Waals surface area contributed by atoms with Gasteiger partial charge in [0.15, 0.2) is 0 Å². The maximum absolute atomic E-state index is 11.7. The van der Waals surface area contributed by atoms with Crippen LogP contribution < -0.4 is 5.32 Å². The minimum atomic E-state index is -1.01. The molecule has 24 heavy (non-hydrogen) atoms. The summed E-state index contributed by atoms with van der Waals surface area (Å²) < 4.78 is 5.11. The van der Waals surface area contributed by atoms with Crippen molar-refractivity contribution in [1.82, 2.24) is 5.32 Å². The van der Waals surface area contributed by atoms with E-state index >= 15 is 0 Å². The summed E-state index contributed by atoms with van der Waals surface area (Å²) in [5.74, 6) is -1.52. The summed E-state index contributed by atoms with van der Waals surface area (Å²) in [4.78, 5) is 26.3. The fourth-order valence-corrected chi connectivity index (χ4v) is 2.70. The van der Waals surface area contributed by atoms with Gasteiger partial charge >= 0.3 is 11.9 Å². The monoisotopic (exact) mass is 340 g/mol. The molecule has 0 amide bonds. The Morgan fingerprint density at radius 2 is 1.58 bits per heavy atom. The van der Waals surface area contributed by atoms with E-state index in [1.165, 1.54) is 57.8 Å². The van der Waals surface area contributed by atoms with Crippen LogP contribution in [0.25, 0.3) is 0 Å². The van der Waals surface area contributed by atoms with Crippen molar-refractivity contribution < 1.29 is 19.4 Å². The van der Waals surface area contributed by atoms with E-state index in [1.807, 2.05) is 0 Å². The molecule has 138 valence electrons. The maximum atomic E-state index is 11.7. The van der Waals surface area contributed by atoms with Crippen molar-refractivity contribution in [2.75, 3.05) is 13.2 Å². The highest BCUT2D eigenvalue weighted by Crippen LogP contribution is 2.11. The number of aliphatic imine (C=N–C) groups is 1. The number of nitrogens with zero attached hydrogens (tertiary/aromatic N) is 1. The van der Waals surface area contributed by atoms with E-state index in [1.54, 1.807) is 0 Å². The molecule has 0 spiro atoms. The number of esters is 1. The molecular formula is C18H32N2O4. The van der Waals surface area contributed by atoms with Gasteiger partial charge in [0.25, 0.3) is 0 Å². The lowest BCUT2D eigenvalue weighted by atomic mass is 10.1. The smallest absolute Gasteiger partial charge is 0.373 e. The largest absolute Gasteiger partial charge is 0.480 e. The van der Waals surface area contributed by atoms with E-state index in [2.05, 4.69) is 17.2 Å². The first-order valence-corrected chi connectivity index (χ1v) is 9.36. The zero-order chi connectivity index (χ0) is 17.6. The summed E-state index contributed by atoms with van der Waals surface area (Å²) in [5, 5.41) is 11.4. The van der Waals surface area contributed by atoms with Crippen LogP contribution in [0, 0.1) is 0 Å². The van der Waals surface area contributed by atoms with Gasteiger partial charge in [-0.15, -0.1) is 0 Å². The van der Waals surface area contributed by atoms with Gasteiger partial charge in [-0.2, -0.15) is 0 Å². The molecule has 2 N–H and O–H groups in total. The Labute approximate surface area is 145 Å². The first kappa shape index (κ1) is 20.5. The van der Waals surface area contributed by atoms with E-state index in [0.717, 1.165) is 12.8 Å². The van der Waals surface area contributed by atoms with Gasteiger partial charge in [0.2, 0.25) is 5.84 Å². The summed E-state index contributed by atoms with van der Waals surface area (Å²) in [6.45, 7) is 2.69. The van der Waals surface area contributed by atoms with Crippen LogP contribution in [-0.2, 0) is 14.3 Å². The first-order valence-electron chi connectivity index (χ1n) is 9.36. The van der Waals surface area contributed by atoms with Crippen molar-refractivity contribution in [3.05, 3.63) is 0 Å². The maximum Gasteiger partial charge on any atom is 0.373 e. The normalized spacial score (nSPS) is 16.5. The van der Waals surface area contributed by atoms with Gasteiger partial charge < -0.3 is 15.2 Å². The van der Waals surface area contributed by atoms with Crippen molar-refractivity contribution in [3.8, 4) is 0 Å². The highest BCUT2D eigenvalue weighted by Gasteiger charge is 2.28. The van der Waals surface area contributed by atoms with Crippen LogP contribution in [0.15, 0.2) is 4.99 Å². The fourth-order valence-electron chi connectivity index (χ4n) is 2.70. The van der Waals surface area contributed by atoms with Crippen LogP contribution in [0.4, 0.5) is 0 Å². The Kier molecular flexibility index (Phi) is 10.9. The van der Waals surface area contributed by atoms with Crippen LogP contribution in [0.5, 0.6) is 0 Å². The van der Waals surface area contributed by atoms with E-state index in [-0.39, 0.29) is 12.4 Å². The van der Waals surface area contributed by atoms with Crippen LogP contribution in [0.3, 0.4) is 0 Å². The van der Waals surface area contributed by atoms with Crippen LogP contribution in [0.1, 0.15) is 77.6 Å². The number of amidine groups is 1. The molecule has 0 aliphatic carbocycles. The number of carbonyl (C=O) groups excluding carboxylic acids is 1. The molecule has 6 nitrogen and oxygen atoms in total. The lowest BCUT2D eigenvalue weighted by Gasteiger charge is -2.07. The Morgan fingerprint density at radius 3 is 2.08 bits per heavy atom. The lowest BCUT2D eigenvalue weighted by Crippen LogP contribution is -2.40. The summed E-state index contributed by atoms with van der Waals surface area (Å²) in [6, 6.07) is -0.811. The minimum Gasteiger partial charge on any atom is -0.480 e. The van der Waals surface area contributed by atoms with Gasteiger partial charge in [0.05, 0.1) is 13.2 Å². The first-order chi connectivity index (χ1) is 11.6. The summed E-state index contributed by atoms with van der Waals surface area (Å²) in [5.41, 5.74) is 0. The molecule has 0 aromatic heterocycles. The van der Waals surface area contributed by atoms with Crippen LogP contribution in [-0.4, -0.2) is 42.1 Å². The Balaban J connectivity index is 1.88. The quantitative estimate of drug-likeness (QED) is 0.374. The standard InChI is InChI=1S/C18H32N2O4/c1-2-3-4-5-6-7-8-9-10-11-12-13-24-18(23)16-19-14-15(20-16)17(21)22/h15H,2-14H2,1H3,(H,19,20)(H,21,22). The second kappa shape index (κ2) is 12.8. The molecule has 0 saturated carbocycles. The highest BCUT2D eigenvalue weighted by atomic mass is 16.5. The molecule has 0 radical (unpaired) electrons. The van der Waals surface area contributed by atoms with Crippen LogP contribution in [0.2, 0.25) is 0 Å².